The van der Waals surface area contributed by atoms with Crippen LogP contribution in [0.4, 0.5) is 0 Å². The predicted molar refractivity (Wildman–Crippen MR) is 69.5 cm³/mol. The van der Waals surface area contributed by atoms with Crippen molar-refractivity contribution in [1.82, 2.24) is 0 Å². The van der Waals surface area contributed by atoms with E-state index in [1.165, 1.54) is 0 Å². The van der Waals surface area contributed by atoms with Gasteiger partial charge in [0.25, 0.3) is 0 Å². The third kappa shape index (κ3) is 2.12. The number of carbonyl (C=O) groups is 1. The lowest BCUT2D eigenvalue weighted by molar-refractivity contribution is 0.0831. The third-order valence-corrected chi connectivity index (χ3v) is 2.89. The number of hydrogen-bond donors (Lipinski definition) is 0. The average molecular weight is 230 g/mol. The Morgan fingerprint density at radius 3 is 2.35 bits per heavy atom. The zero-order valence-electron chi connectivity index (χ0n) is 11.0. The monoisotopic (exact) mass is 230 g/mol. The first kappa shape index (κ1) is 11.9. The molecule has 2 heteroatoms. The van der Waals surface area contributed by atoms with Gasteiger partial charge in [0.05, 0.1) is 0 Å². The molecular formula is C15H18O2. The van der Waals surface area contributed by atoms with E-state index in [1.807, 2.05) is 46.8 Å². The van der Waals surface area contributed by atoms with Gasteiger partial charge < -0.3 is 4.42 Å². The van der Waals surface area contributed by atoms with E-state index in [0.717, 1.165) is 22.1 Å². The first-order valence-electron chi connectivity index (χ1n) is 5.84. The Labute approximate surface area is 102 Å². The fourth-order valence-electron chi connectivity index (χ4n) is 1.97. The Balaban J connectivity index is 2.60. The van der Waals surface area contributed by atoms with E-state index in [-0.39, 0.29) is 5.78 Å². The molecule has 0 saturated carbocycles. The van der Waals surface area contributed by atoms with Gasteiger partial charge in [0.15, 0.2) is 5.76 Å². The molecule has 0 aliphatic carbocycles. The summed E-state index contributed by atoms with van der Waals surface area (Å²) in [5.41, 5.74) is 2.70. The second kappa shape index (κ2) is 3.73. The predicted octanol–water partition coefficient (Wildman–Crippen LogP) is 4.28. The van der Waals surface area contributed by atoms with Crippen molar-refractivity contribution in [3.63, 3.8) is 0 Å². The van der Waals surface area contributed by atoms with Crippen molar-refractivity contribution in [2.75, 3.05) is 0 Å². The summed E-state index contributed by atoms with van der Waals surface area (Å²) in [6.45, 7) is 9.78. The average Bonchev–Trinajstić information content (AvgIpc) is 2.58. The van der Waals surface area contributed by atoms with E-state index in [0.29, 0.717) is 5.76 Å². The van der Waals surface area contributed by atoms with Crippen molar-refractivity contribution < 1.29 is 9.21 Å². The van der Waals surface area contributed by atoms with Crippen LogP contribution in [0.25, 0.3) is 11.0 Å². The Hall–Kier alpha value is -1.57. The summed E-state index contributed by atoms with van der Waals surface area (Å²) in [7, 11) is 0. The number of furan rings is 1. The maximum absolute atomic E-state index is 12.1. The first-order valence-corrected chi connectivity index (χ1v) is 5.84. The lowest BCUT2D eigenvalue weighted by Crippen LogP contribution is -2.19. The molecule has 0 saturated heterocycles. The van der Waals surface area contributed by atoms with Gasteiger partial charge in [0.1, 0.15) is 5.58 Å². The number of benzene rings is 1. The molecule has 17 heavy (non-hydrogen) atoms. The molecule has 0 atom stereocenters. The van der Waals surface area contributed by atoms with Crippen LogP contribution in [0.2, 0.25) is 0 Å². The highest BCUT2D eigenvalue weighted by atomic mass is 16.3. The van der Waals surface area contributed by atoms with Crippen molar-refractivity contribution in [2.24, 2.45) is 5.41 Å². The molecule has 0 radical (unpaired) electrons. The number of Topliss-reactive ketones (excluding diaryl/α,β-unsaturated/α-hetero) is 1. The second-order valence-electron chi connectivity index (χ2n) is 5.68. The van der Waals surface area contributed by atoms with Crippen LogP contribution in [0, 0.1) is 19.3 Å². The van der Waals surface area contributed by atoms with Crippen LogP contribution >= 0.6 is 0 Å². The largest absolute Gasteiger partial charge is 0.453 e. The standard InChI is InChI=1S/C15H18O2/c1-9-6-10(2)11-8-13(17-12(11)7-9)14(16)15(3,4)5/h6-8H,1-5H3. The molecule has 2 nitrogen and oxygen atoms in total. The highest BCUT2D eigenvalue weighted by Gasteiger charge is 2.26. The second-order valence-corrected chi connectivity index (χ2v) is 5.68. The molecule has 0 aliphatic rings. The smallest absolute Gasteiger partial charge is 0.203 e. The van der Waals surface area contributed by atoms with Crippen molar-refractivity contribution in [1.29, 1.82) is 0 Å². The van der Waals surface area contributed by atoms with Crippen LogP contribution in [0.5, 0.6) is 0 Å². The van der Waals surface area contributed by atoms with Crippen LogP contribution in [0.3, 0.4) is 0 Å². The zero-order chi connectivity index (χ0) is 12.8. The van der Waals surface area contributed by atoms with Crippen LogP contribution in [0.15, 0.2) is 22.6 Å². The van der Waals surface area contributed by atoms with Gasteiger partial charge in [-0.2, -0.15) is 0 Å². The van der Waals surface area contributed by atoms with E-state index in [1.54, 1.807) is 0 Å². The summed E-state index contributed by atoms with van der Waals surface area (Å²) >= 11 is 0. The van der Waals surface area contributed by atoms with Crippen LogP contribution in [0.1, 0.15) is 42.5 Å². The number of fused-ring (bicyclic) bond motifs is 1. The van der Waals surface area contributed by atoms with Gasteiger partial charge in [-0.25, -0.2) is 0 Å². The van der Waals surface area contributed by atoms with Crippen molar-refractivity contribution in [3.05, 3.63) is 35.1 Å². The SMILES string of the molecule is Cc1cc(C)c2cc(C(=O)C(C)(C)C)oc2c1. The maximum Gasteiger partial charge on any atom is 0.203 e. The summed E-state index contributed by atoms with van der Waals surface area (Å²) in [5.74, 6) is 0.506. The Morgan fingerprint density at radius 1 is 1.12 bits per heavy atom. The summed E-state index contributed by atoms with van der Waals surface area (Å²) < 4.78 is 5.67. The molecule has 0 amide bonds. The summed E-state index contributed by atoms with van der Waals surface area (Å²) in [5, 5.41) is 1.03. The Kier molecular flexibility index (Phi) is 2.61. The number of aryl methyl sites for hydroxylation is 2. The summed E-state index contributed by atoms with van der Waals surface area (Å²) in [4.78, 5) is 12.1. The summed E-state index contributed by atoms with van der Waals surface area (Å²) in [6.07, 6.45) is 0. The first-order chi connectivity index (χ1) is 7.79. The maximum atomic E-state index is 12.1. The molecule has 0 fully saturated rings. The van der Waals surface area contributed by atoms with Crippen LogP contribution in [-0.2, 0) is 0 Å². The van der Waals surface area contributed by atoms with Gasteiger partial charge in [0, 0.05) is 10.8 Å². The number of hydrogen-bond acceptors (Lipinski definition) is 2. The van der Waals surface area contributed by atoms with E-state index >= 15 is 0 Å². The van der Waals surface area contributed by atoms with Gasteiger partial charge in [-0.05, 0) is 37.1 Å². The molecule has 0 spiro atoms. The zero-order valence-corrected chi connectivity index (χ0v) is 11.0. The molecule has 90 valence electrons. The van der Waals surface area contributed by atoms with Gasteiger partial charge >= 0.3 is 0 Å². The van der Waals surface area contributed by atoms with E-state index in [2.05, 4.69) is 6.07 Å². The molecule has 0 unspecified atom stereocenters. The minimum atomic E-state index is -0.406. The van der Waals surface area contributed by atoms with E-state index in [4.69, 9.17) is 4.42 Å². The highest BCUT2D eigenvalue weighted by molar-refractivity contribution is 6.01. The molecule has 1 heterocycles. The van der Waals surface area contributed by atoms with Crippen LogP contribution in [-0.4, -0.2) is 5.78 Å². The Morgan fingerprint density at radius 2 is 1.76 bits per heavy atom. The molecule has 0 aliphatic heterocycles. The molecule has 0 bridgehead atoms. The molecule has 1 aromatic heterocycles. The van der Waals surface area contributed by atoms with Gasteiger partial charge in [-0.1, -0.05) is 26.8 Å². The molecule has 0 N–H and O–H groups in total. The normalized spacial score (nSPS) is 12.1. The number of ketones is 1. The Bertz CT molecular complexity index is 583. The molecular weight excluding hydrogens is 212 g/mol. The van der Waals surface area contributed by atoms with E-state index < -0.39 is 5.41 Å². The molecule has 1 aromatic carbocycles. The van der Waals surface area contributed by atoms with E-state index in [9.17, 15) is 4.79 Å². The minimum absolute atomic E-state index is 0.0470. The summed E-state index contributed by atoms with van der Waals surface area (Å²) in [6, 6.07) is 5.93. The fraction of sp³-hybridized carbons (Fsp3) is 0.400. The van der Waals surface area contributed by atoms with Gasteiger partial charge in [-0.3, -0.25) is 4.79 Å². The molecule has 2 aromatic rings. The number of rotatable bonds is 1. The van der Waals surface area contributed by atoms with Gasteiger partial charge in [-0.15, -0.1) is 0 Å². The lowest BCUT2D eigenvalue weighted by atomic mass is 9.89. The third-order valence-electron chi connectivity index (χ3n) is 2.89. The topological polar surface area (TPSA) is 30.2 Å². The quantitative estimate of drug-likeness (QED) is 0.684. The highest BCUT2D eigenvalue weighted by Crippen LogP contribution is 2.28. The van der Waals surface area contributed by atoms with Crippen molar-refractivity contribution in [2.45, 2.75) is 34.6 Å². The number of carbonyl (C=O) groups excluding carboxylic acids is 1. The molecule has 2 rings (SSSR count). The van der Waals surface area contributed by atoms with Crippen molar-refractivity contribution in [3.8, 4) is 0 Å². The fourth-order valence-corrected chi connectivity index (χ4v) is 1.97. The minimum Gasteiger partial charge on any atom is -0.453 e. The van der Waals surface area contributed by atoms with Gasteiger partial charge in [0.2, 0.25) is 5.78 Å². The van der Waals surface area contributed by atoms with Crippen LogP contribution < -0.4 is 0 Å². The lowest BCUT2D eigenvalue weighted by Gasteiger charge is -2.13. The van der Waals surface area contributed by atoms with Crippen molar-refractivity contribution >= 4 is 16.8 Å².